The topological polar surface area (TPSA) is 80.3 Å². The standard InChI is InChI=1S/C21H18FN3O3S/c22-17-7-3-2-6-16(17)20(27)25-21-24-14(12-29-21)10-19(26)23-11-15-9-13-5-1-4-8-18(13)28-15/h1-8,12,15H,9-11H2,(H,23,26)(H,24,25,27)/t15-/m1/s1. The van der Waals surface area contributed by atoms with Crippen LogP contribution in [-0.4, -0.2) is 29.4 Å². The number of hydrogen-bond donors (Lipinski definition) is 2. The van der Waals surface area contributed by atoms with Crippen LogP contribution in [0.1, 0.15) is 21.6 Å². The van der Waals surface area contributed by atoms with Crippen molar-refractivity contribution in [2.24, 2.45) is 0 Å². The number of benzene rings is 2. The van der Waals surface area contributed by atoms with Crippen molar-refractivity contribution in [3.63, 3.8) is 0 Å². The molecule has 4 rings (SSSR count). The number of nitrogens with zero attached hydrogens (tertiary/aromatic N) is 1. The average Bonchev–Trinajstić information content (AvgIpc) is 3.33. The maximum Gasteiger partial charge on any atom is 0.260 e. The van der Waals surface area contributed by atoms with Crippen LogP contribution in [0.5, 0.6) is 5.75 Å². The van der Waals surface area contributed by atoms with Crippen molar-refractivity contribution in [3.8, 4) is 5.75 Å². The number of aromatic nitrogens is 1. The number of fused-ring (bicyclic) bond motifs is 1. The number of thiazole rings is 1. The Morgan fingerprint density at radius 2 is 1.97 bits per heavy atom. The first-order chi connectivity index (χ1) is 14.1. The third kappa shape index (κ3) is 4.60. The summed E-state index contributed by atoms with van der Waals surface area (Å²) < 4.78 is 19.5. The number of anilines is 1. The minimum absolute atomic E-state index is 0.0560. The number of amides is 2. The van der Waals surface area contributed by atoms with E-state index in [-0.39, 0.29) is 24.0 Å². The molecule has 0 radical (unpaired) electrons. The molecule has 0 spiro atoms. The normalized spacial score (nSPS) is 14.7. The maximum absolute atomic E-state index is 13.7. The first-order valence-electron chi connectivity index (χ1n) is 9.10. The van der Waals surface area contributed by atoms with E-state index in [1.807, 2.05) is 24.3 Å². The van der Waals surface area contributed by atoms with E-state index < -0.39 is 11.7 Å². The third-order valence-electron chi connectivity index (χ3n) is 4.47. The Balaban J connectivity index is 1.26. The van der Waals surface area contributed by atoms with E-state index in [0.717, 1.165) is 17.7 Å². The van der Waals surface area contributed by atoms with E-state index in [2.05, 4.69) is 15.6 Å². The second kappa shape index (κ2) is 8.40. The lowest BCUT2D eigenvalue weighted by molar-refractivity contribution is -0.120. The van der Waals surface area contributed by atoms with Gasteiger partial charge in [0.2, 0.25) is 5.91 Å². The zero-order chi connectivity index (χ0) is 20.2. The number of nitrogens with one attached hydrogen (secondary N) is 2. The molecule has 0 aliphatic carbocycles. The van der Waals surface area contributed by atoms with E-state index in [4.69, 9.17) is 4.74 Å². The molecule has 1 aromatic heterocycles. The highest BCUT2D eigenvalue weighted by atomic mass is 32.1. The van der Waals surface area contributed by atoms with Gasteiger partial charge in [0.1, 0.15) is 17.7 Å². The van der Waals surface area contributed by atoms with Crippen molar-refractivity contribution in [1.82, 2.24) is 10.3 Å². The van der Waals surface area contributed by atoms with Gasteiger partial charge in [0.15, 0.2) is 5.13 Å². The Labute approximate surface area is 170 Å². The Hall–Kier alpha value is -3.26. The van der Waals surface area contributed by atoms with Crippen molar-refractivity contribution in [3.05, 3.63) is 76.5 Å². The Morgan fingerprint density at radius 3 is 2.79 bits per heavy atom. The lowest BCUT2D eigenvalue weighted by atomic mass is 10.1. The lowest BCUT2D eigenvalue weighted by Crippen LogP contribution is -2.35. The zero-order valence-electron chi connectivity index (χ0n) is 15.4. The van der Waals surface area contributed by atoms with Crippen molar-refractivity contribution < 1.29 is 18.7 Å². The quantitative estimate of drug-likeness (QED) is 0.653. The molecule has 2 amide bonds. The molecule has 3 aromatic rings. The summed E-state index contributed by atoms with van der Waals surface area (Å²) in [5.74, 6) is -0.493. The van der Waals surface area contributed by atoms with Crippen LogP contribution in [0, 0.1) is 5.82 Å². The summed E-state index contributed by atoms with van der Waals surface area (Å²) in [5.41, 5.74) is 1.62. The molecule has 2 aromatic carbocycles. The van der Waals surface area contributed by atoms with E-state index in [9.17, 15) is 14.0 Å². The first-order valence-corrected chi connectivity index (χ1v) is 9.98. The Bertz CT molecular complexity index is 1030. The van der Waals surface area contributed by atoms with Crippen molar-refractivity contribution in [2.45, 2.75) is 18.9 Å². The molecule has 1 aliphatic heterocycles. The molecule has 1 aliphatic rings. The highest BCUT2D eigenvalue weighted by molar-refractivity contribution is 7.14. The van der Waals surface area contributed by atoms with Crippen molar-refractivity contribution in [2.75, 3.05) is 11.9 Å². The molecular formula is C21H18FN3O3S. The summed E-state index contributed by atoms with van der Waals surface area (Å²) in [4.78, 5) is 28.6. The lowest BCUT2D eigenvalue weighted by Gasteiger charge is -2.11. The fourth-order valence-electron chi connectivity index (χ4n) is 3.08. The Morgan fingerprint density at radius 1 is 1.17 bits per heavy atom. The van der Waals surface area contributed by atoms with Gasteiger partial charge in [0.05, 0.1) is 24.2 Å². The summed E-state index contributed by atoms with van der Waals surface area (Å²) in [6.07, 6.45) is 0.771. The highest BCUT2D eigenvalue weighted by Gasteiger charge is 2.22. The number of ether oxygens (including phenoxy) is 1. The number of carbonyl (C=O) groups is 2. The highest BCUT2D eigenvalue weighted by Crippen LogP contribution is 2.27. The first kappa shape index (κ1) is 19.1. The van der Waals surface area contributed by atoms with Gasteiger partial charge in [-0.2, -0.15) is 0 Å². The van der Waals surface area contributed by atoms with Crippen LogP contribution in [0.25, 0.3) is 0 Å². The van der Waals surface area contributed by atoms with Crippen LogP contribution in [0.15, 0.2) is 53.9 Å². The van der Waals surface area contributed by atoms with Gasteiger partial charge in [-0.1, -0.05) is 30.3 Å². The van der Waals surface area contributed by atoms with Crippen LogP contribution in [0.3, 0.4) is 0 Å². The fraction of sp³-hybridized carbons (Fsp3) is 0.190. The molecule has 148 valence electrons. The van der Waals surface area contributed by atoms with E-state index >= 15 is 0 Å². The molecule has 6 nitrogen and oxygen atoms in total. The second-order valence-corrected chi connectivity index (χ2v) is 7.47. The largest absolute Gasteiger partial charge is 0.488 e. The number of rotatable bonds is 6. The van der Waals surface area contributed by atoms with Gasteiger partial charge in [-0.05, 0) is 23.8 Å². The Kier molecular flexibility index (Phi) is 5.53. The van der Waals surface area contributed by atoms with Crippen LogP contribution in [-0.2, 0) is 17.6 Å². The van der Waals surface area contributed by atoms with Crippen LogP contribution in [0.4, 0.5) is 9.52 Å². The number of hydrogen-bond acceptors (Lipinski definition) is 5. The molecular weight excluding hydrogens is 393 g/mol. The molecule has 0 unspecified atom stereocenters. The predicted octanol–water partition coefficient (Wildman–Crippen LogP) is 3.20. The second-order valence-electron chi connectivity index (χ2n) is 6.61. The minimum Gasteiger partial charge on any atom is -0.488 e. The minimum atomic E-state index is -0.600. The van der Waals surface area contributed by atoms with Gasteiger partial charge < -0.3 is 10.1 Å². The van der Waals surface area contributed by atoms with Crippen LogP contribution in [0.2, 0.25) is 0 Å². The summed E-state index contributed by atoms with van der Waals surface area (Å²) in [7, 11) is 0. The molecule has 2 N–H and O–H groups in total. The summed E-state index contributed by atoms with van der Waals surface area (Å²) >= 11 is 1.19. The van der Waals surface area contributed by atoms with Gasteiger partial charge >= 0.3 is 0 Å². The molecule has 0 saturated heterocycles. The smallest absolute Gasteiger partial charge is 0.260 e. The summed E-state index contributed by atoms with van der Waals surface area (Å²) in [6, 6.07) is 13.5. The third-order valence-corrected chi connectivity index (χ3v) is 5.28. The van der Waals surface area contributed by atoms with Gasteiger partial charge in [0, 0.05) is 11.8 Å². The summed E-state index contributed by atoms with van der Waals surface area (Å²) in [5, 5.41) is 7.42. The van der Waals surface area contributed by atoms with Gasteiger partial charge in [-0.3, -0.25) is 14.9 Å². The van der Waals surface area contributed by atoms with Crippen molar-refractivity contribution >= 4 is 28.3 Å². The van der Waals surface area contributed by atoms with Crippen LogP contribution >= 0.6 is 11.3 Å². The van der Waals surface area contributed by atoms with E-state index in [1.165, 1.54) is 29.5 Å². The molecule has 29 heavy (non-hydrogen) atoms. The number of carbonyl (C=O) groups excluding carboxylic acids is 2. The van der Waals surface area contributed by atoms with E-state index in [1.54, 1.807) is 11.4 Å². The summed E-state index contributed by atoms with van der Waals surface area (Å²) in [6.45, 7) is 0.411. The van der Waals surface area contributed by atoms with Crippen molar-refractivity contribution in [1.29, 1.82) is 0 Å². The molecule has 8 heteroatoms. The average molecular weight is 411 g/mol. The zero-order valence-corrected chi connectivity index (χ0v) is 16.2. The predicted molar refractivity (Wildman–Crippen MR) is 108 cm³/mol. The number of para-hydroxylation sites is 1. The molecule has 0 saturated carbocycles. The van der Waals surface area contributed by atoms with Gasteiger partial charge in [-0.15, -0.1) is 11.3 Å². The molecule has 0 fully saturated rings. The van der Waals surface area contributed by atoms with Gasteiger partial charge in [-0.25, -0.2) is 9.37 Å². The maximum atomic E-state index is 13.7. The fourth-order valence-corrected chi connectivity index (χ4v) is 3.78. The van der Waals surface area contributed by atoms with Crippen LogP contribution < -0.4 is 15.4 Å². The van der Waals surface area contributed by atoms with Gasteiger partial charge in [0.25, 0.3) is 5.91 Å². The molecule has 1 atom stereocenters. The SMILES string of the molecule is O=C(Cc1csc(NC(=O)c2ccccc2F)n1)NC[C@H]1Cc2ccccc2O1. The molecule has 0 bridgehead atoms. The van der Waals surface area contributed by atoms with E-state index in [0.29, 0.717) is 17.4 Å². The molecule has 2 heterocycles. The monoisotopic (exact) mass is 411 g/mol. The number of halogens is 1.